The molecule has 0 bridgehead atoms. The molecule has 0 amide bonds. The molecular weight excluding hydrogens is 83.0 g/mol. The van der Waals surface area contributed by atoms with Crippen molar-refractivity contribution in [2.24, 2.45) is 0 Å². The molecule has 0 aliphatic heterocycles. The third-order valence-corrected chi connectivity index (χ3v) is 0.498. The summed E-state index contributed by atoms with van der Waals surface area (Å²) in [5.41, 5.74) is 0. The van der Waals surface area contributed by atoms with Crippen LogP contribution in [0.4, 0.5) is 4.70 Å². The maximum Gasteiger partial charge on any atom is 0.129 e. The quantitative estimate of drug-likeness (QED) is 0.474. The fourth-order valence-corrected chi connectivity index (χ4v) is 0. The molecule has 0 saturated heterocycles. The SMILES string of the molecule is CCC(C)=O.F. The minimum Gasteiger partial charge on any atom is -0.300 e. The second-order valence-electron chi connectivity index (χ2n) is 1.06. The number of Topliss-reactive ketones (excluding diaryl/α,β-unsaturated/α-hetero) is 1. The number of hydrogen-bond acceptors (Lipinski definition) is 1. The van der Waals surface area contributed by atoms with Gasteiger partial charge in [0.2, 0.25) is 0 Å². The molecule has 0 aliphatic carbocycles. The molecule has 0 aromatic heterocycles. The van der Waals surface area contributed by atoms with Crippen molar-refractivity contribution in [2.75, 3.05) is 0 Å². The normalized spacial score (nSPS) is 6.33. The highest BCUT2D eigenvalue weighted by Gasteiger charge is 1.76. The van der Waals surface area contributed by atoms with Crippen molar-refractivity contribution in [3.63, 3.8) is 0 Å². The van der Waals surface area contributed by atoms with Crippen molar-refractivity contribution >= 4 is 5.78 Å². The molecule has 0 aromatic carbocycles. The average molecular weight is 92.1 g/mol. The fraction of sp³-hybridized carbons (Fsp3) is 0.750. The molecular formula is C4H9FO. The minimum atomic E-state index is 0. The molecule has 0 atom stereocenters. The Balaban J connectivity index is 0. The first-order valence-corrected chi connectivity index (χ1v) is 1.76. The smallest absolute Gasteiger partial charge is 0.129 e. The molecule has 0 radical (unpaired) electrons. The average Bonchev–Trinajstić information content (AvgIpc) is 1.38. The first-order chi connectivity index (χ1) is 2.27. The van der Waals surface area contributed by atoms with Crippen LogP contribution in [-0.4, -0.2) is 5.78 Å². The van der Waals surface area contributed by atoms with Gasteiger partial charge in [0.25, 0.3) is 0 Å². The molecule has 0 aromatic rings. The van der Waals surface area contributed by atoms with Gasteiger partial charge in [0.1, 0.15) is 5.78 Å². The van der Waals surface area contributed by atoms with Crippen LogP contribution in [0.15, 0.2) is 0 Å². The summed E-state index contributed by atoms with van der Waals surface area (Å²) in [6, 6.07) is 0. The van der Waals surface area contributed by atoms with Crippen LogP contribution >= 0.6 is 0 Å². The van der Waals surface area contributed by atoms with Gasteiger partial charge >= 0.3 is 0 Å². The van der Waals surface area contributed by atoms with E-state index in [2.05, 4.69) is 0 Å². The molecule has 6 heavy (non-hydrogen) atoms. The largest absolute Gasteiger partial charge is 0.300 e. The summed E-state index contributed by atoms with van der Waals surface area (Å²) in [6.07, 6.45) is 0.667. The van der Waals surface area contributed by atoms with Crippen LogP contribution in [0.2, 0.25) is 0 Å². The van der Waals surface area contributed by atoms with E-state index in [0.717, 1.165) is 0 Å². The van der Waals surface area contributed by atoms with E-state index in [-0.39, 0.29) is 10.5 Å². The Labute approximate surface area is 36.7 Å². The molecule has 0 aliphatic rings. The predicted molar refractivity (Wildman–Crippen MR) is 23.5 cm³/mol. The van der Waals surface area contributed by atoms with Crippen LogP contribution in [0.25, 0.3) is 0 Å². The van der Waals surface area contributed by atoms with Gasteiger partial charge in [-0.1, -0.05) is 6.92 Å². The second kappa shape index (κ2) is 4.60. The van der Waals surface area contributed by atoms with Crippen molar-refractivity contribution < 1.29 is 9.50 Å². The van der Waals surface area contributed by atoms with E-state index in [1.54, 1.807) is 6.92 Å². The van der Waals surface area contributed by atoms with Crippen LogP contribution in [0.5, 0.6) is 0 Å². The Hall–Kier alpha value is -0.400. The lowest BCUT2D eigenvalue weighted by Gasteiger charge is -1.71. The summed E-state index contributed by atoms with van der Waals surface area (Å²) < 4.78 is 0. The first kappa shape index (κ1) is 9.14. The van der Waals surface area contributed by atoms with Gasteiger partial charge in [-0.3, -0.25) is 4.70 Å². The van der Waals surface area contributed by atoms with Crippen molar-refractivity contribution in [3.8, 4) is 0 Å². The van der Waals surface area contributed by atoms with Crippen molar-refractivity contribution in [1.82, 2.24) is 0 Å². The number of carbonyl (C=O) groups is 1. The monoisotopic (exact) mass is 92.1 g/mol. The molecule has 0 fully saturated rings. The van der Waals surface area contributed by atoms with E-state index in [4.69, 9.17) is 0 Å². The summed E-state index contributed by atoms with van der Waals surface area (Å²) in [5, 5.41) is 0. The van der Waals surface area contributed by atoms with E-state index in [1.165, 1.54) is 0 Å². The summed E-state index contributed by atoms with van der Waals surface area (Å²) >= 11 is 0. The molecule has 0 N–H and O–H groups in total. The zero-order valence-corrected chi connectivity index (χ0v) is 4.02. The third kappa shape index (κ3) is 9.51. The van der Waals surface area contributed by atoms with Crippen LogP contribution in [0.1, 0.15) is 20.3 Å². The van der Waals surface area contributed by atoms with Gasteiger partial charge in [-0.05, 0) is 6.92 Å². The molecule has 1 nitrogen and oxygen atoms in total. The van der Waals surface area contributed by atoms with Gasteiger partial charge in [-0.15, -0.1) is 0 Å². The van der Waals surface area contributed by atoms with Crippen molar-refractivity contribution in [1.29, 1.82) is 0 Å². The third-order valence-electron chi connectivity index (χ3n) is 0.498. The number of hydrogen-bond donors (Lipinski definition) is 0. The Morgan fingerprint density at radius 3 is 1.83 bits per heavy atom. The molecule has 0 saturated carbocycles. The number of rotatable bonds is 1. The highest BCUT2D eigenvalue weighted by atomic mass is 19.0. The van der Waals surface area contributed by atoms with Gasteiger partial charge in [-0.2, -0.15) is 0 Å². The molecule has 2 heteroatoms. The van der Waals surface area contributed by atoms with Gasteiger partial charge in [0, 0.05) is 6.42 Å². The lowest BCUT2D eigenvalue weighted by molar-refractivity contribution is -0.116. The van der Waals surface area contributed by atoms with Crippen LogP contribution < -0.4 is 0 Å². The number of ketones is 1. The molecule has 0 spiro atoms. The van der Waals surface area contributed by atoms with E-state index in [9.17, 15) is 4.79 Å². The van der Waals surface area contributed by atoms with Gasteiger partial charge in [-0.25, -0.2) is 0 Å². The highest BCUT2D eigenvalue weighted by Crippen LogP contribution is 1.71. The van der Waals surface area contributed by atoms with Crippen LogP contribution in [0, 0.1) is 0 Å². The Morgan fingerprint density at radius 1 is 1.67 bits per heavy atom. The van der Waals surface area contributed by atoms with Crippen molar-refractivity contribution in [2.45, 2.75) is 20.3 Å². The van der Waals surface area contributed by atoms with Gasteiger partial charge in [0.05, 0.1) is 0 Å². The first-order valence-electron chi connectivity index (χ1n) is 1.76. The topological polar surface area (TPSA) is 17.1 Å². The summed E-state index contributed by atoms with van der Waals surface area (Å²) in [4.78, 5) is 9.81. The van der Waals surface area contributed by atoms with Gasteiger partial charge < -0.3 is 4.79 Å². The molecule has 38 valence electrons. The Bertz CT molecular complexity index is 42.8. The Morgan fingerprint density at radius 2 is 1.83 bits per heavy atom. The van der Waals surface area contributed by atoms with E-state index >= 15 is 0 Å². The lowest BCUT2D eigenvalue weighted by Crippen LogP contribution is -1.80. The van der Waals surface area contributed by atoms with Crippen LogP contribution in [-0.2, 0) is 4.79 Å². The van der Waals surface area contributed by atoms with E-state index in [0.29, 0.717) is 6.42 Å². The lowest BCUT2D eigenvalue weighted by atomic mass is 10.4. The van der Waals surface area contributed by atoms with Crippen molar-refractivity contribution in [3.05, 3.63) is 0 Å². The summed E-state index contributed by atoms with van der Waals surface area (Å²) in [6.45, 7) is 3.43. The summed E-state index contributed by atoms with van der Waals surface area (Å²) in [5.74, 6) is 0.255. The standard InChI is InChI=1S/C4H8O.FH/c1-3-4(2)5;/h3H2,1-2H3;1H. The summed E-state index contributed by atoms with van der Waals surface area (Å²) in [7, 11) is 0. The maximum absolute atomic E-state index is 9.81. The Kier molecular flexibility index (Phi) is 7.01. The van der Waals surface area contributed by atoms with Gasteiger partial charge in [0.15, 0.2) is 0 Å². The fourth-order valence-electron chi connectivity index (χ4n) is 0. The van der Waals surface area contributed by atoms with E-state index < -0.39 is 0 Å². The zero-order valence-electron chi connectivity index (χ0n) is 4.02. The highest BCUT2D eigenvalue weighted by molar-refractivity contribution is 5.74. The molecule has 0 unspecified atom stereocenters. The second-order valence-corrected chi connectivity index (χ2v) is 1.06. The maximum atomic E-state index is 9.81. The zero-order chi connectivity index (χ0) is 4.28. The van der Waals surface area contributed by atoms with E-state index in [1.807, 2.05) is 6.92 Å². The number of halogens is 1. The molecule has 0 heterocycles. The minimum absolute atomic E-state index is 0. The number of carbonyl (C=O) groups excluding carboxylic acids is 1. The van der Waals surface area contributed by atoms with Crippen LogP contribution in [0.3, 0.4) is 0 Å². The molecule has 0 rings (SSSR count). The predicted octanol–water partition coefficient (Wildman–Crippen LogP) is 1.14.